The smallest absolute Gasteiger partial charge is 0.116 e. The summed E-state index contributed by atoms with van der Waals surface area (Å²) in [5.74, 6) is 2.00. The van der Waals surface area contributed by atoms with E-state index >= 15 is 0 Å². The third kappa shape index (κ3) is 1.26. The van der Waals surface area contributed by atoms with Gasteiger partial charge in [0.15, 0.2) is 0 Å². The normalized spacial score (nSPS) is 32.7. The maximum absolute atomic E-state index is 9.74. The first-order valence-electron chi connectivity index (χ1n) is 7.37. The first-order chi connectivity index (χ1) is 9.29. The molecule has 1 aliphatic carbocycles. The molecule has 2 N–H and O–H groups in total. The summed E-state index contributed by atoms with van der Waals surface area (Å²) in [6.07, 6.45) is 3.87. The lowest BCUT2D eigenvalue weighted by Crippen LogP contribution is -2.36. The quantitative estimate of drug-likeness (QED) is 0.758. The van der Waals surface area contributed by atoms with Gasteiger partial charge >= 0.3 is 0 Å². The molecule has 3 aliphatic rings. The van der Waals surface area contributed by atoms with Crippen molar-refractivity contribution in [3.63, 3.8) is 0 Å². The number of rotatable bonds is 0. The molecule has 1 saturated carbocycles. The largest absolute Gasteiger partial charge is 0.508 e. The van der Waals surface area contributed by atoms with Crippen LogP contribution in [-0.4, -0.2) is 34.1 Å². The lowest BCUT2D eigenvalue weighted by atomic mass is 9.93. The summed E-state index contributed by atoms with van der Waals surface area (Å²) in [5.41, 5.74) is 4.13. The van der Waals surface area contributed by atoms with Crippen molar-refractivity contribution >= 4 is 10.9 Å². The van der Waals surface area contributed by atoms with Crippen LogP contribution < -0.4 is 0 Å². The molecule has 98 valence electrons. The SMILES string of the molecule is Oc1ccc2[nH]c3c(c2c1)CCN1C[C@@H]2C[C@H]3[C@H]1C2. The highest BCUT2D eigenvalue weighted by Gasteiger charge is 2.47. The minimum Gasteiger partial charge on any atom is -0.508 e. The minimum atomic E-state index is 0.381. The summed E-state index contributed by atoms with van der Waals surface area (Å²) >= 11 is 0. The van der Waals surface area contributed by atoms with Gasteiger partial charge in [-0.1, -0.05) is 0 Å². The molecule has 1 aromatic carbocycles. The molecule has 19 heavy (non-hydrogen) atoms. The minimum absolute atomic E-state index is 0.381. The van der Waals surface area contributed by atoms with Gasteiger partial charge < -0.3 is 10.1 Å². The van der Waals surface area contributed by atoms with Gasteiger partial charge in [-0.05, 0) is 48.9 Å². The van der Waals surface area contributed by atoms with Gasteiger partial charge in [0.1, 0.15) is 5.75 Å². The second-order valence-corrected chi connectivity index (χ2v) is 6.50. The van der Waals surface area contributed by atoms with Crippen molar-refractivity contribution < 1.29 is 5.11 Å². The highest BCUT2D eigenvalue weighted by molar-refractivity contribution is 5.86. The van der Waals surface area contributed by atoms with E-state index in [-0.39, 0.29) is 0 Å². The van der Waals surface area contributed by atoms with Crippen LogP contribution in [0, 0.1) is 5.92 Å². The average Bonchev–Trinajstić information content (AvgIpc) is 3.05. The molecule has 1 saturated heterocycles. The van der Waals surface area contributed by atoms with E-state index < -0.39 is 0 Å². The van der Waals surface area contributed by atoms with Crippen LogP contribution in [0.5, 0.6) is 5.75 Å². The molecule has 2 aromatic rings. The van der Waals surface area contributed by atoms with Crippen LogP contribution in [0.2, 0.25) is 0 Å². The van der Waals surface area contributed by atoms with Crippen LogP contribution in [0.25, 0.3) is 10.9 Å². The first kappa shape index (κ1) is 10.3. The molecule has 3 atom stereocenters. The first-order valence-corrected chi connectivity index (χ1v) is 7.37. The van der Waals surface area contributed by atoms with Crippen LogP contribution >= 0.6 is 0 Å². The molecule has 5 rings (SSSR count). The molecule has 0 radical (unpaired) electrons. The fraction of sp³-hybridized carbons (Fsp3) is 0.500. The van der Waals surface area contributed by atoms with Gasteiger partial charge in [-0.3, -0.25) is 4.90 Å². The number of nitrogens with one attached hydrogen (secondary N) is 1. The Morgan fingerprint density at radius 2 is 2.21 bits per heavy atom. The number of H-pyrrole nitrogens is 1. The number of fused-ring (bicyclic) bond motifs is 5. The van der Waals surface area contributed by atoms with Gasteiger partial charge in [-0.15, -0.1) is 0 Å². The van der Waals surface area contributed by atoms with Crippen molar-refractivity contribution in [3.05, 3.63) is 29.5 Å². The van der Waals surface area contributed by atoms with Crippen molar-refractivity contribution in [2.45, 2.75) is 31.2 Å². The van der Waals surface area contributed by atoms with E-state index in [1.807, 2.05) is 12.1 Å². The third-order valence-corrected chi connectivity index (χ3v) is 5.53. The van der Waals surface area contributed by atoms with Crippen molar-refractivity contribution in [1.82, 2.24) is 9.88 Å². The van der Waals surface area contributed by atoms with Crippen molar-refractivity contribution in [3.8, 4) is 5.75 Å². The highest BCUT2D eigenvalue weighted by Crippen LogP contribution is 2.50. The summed E-state index contributed by atoms with van der Waals surface area (Å²) in [4.78, 5) is 6.35. The standard InChI is InChI=1S/C16H18N2O/c19-10-1-2-14-12(7-10)11-3-4-18-8-9-5-13(15(18)6-9)16(11)17-14/h1-2,7,9,13,15,17,19H,3-6,8H2/t9-,13+,15-/m1/s1. The molecule has 2 aliphatic heterocycles. The summed E-state index contributed by atoms with van der Waals surface area (Å²) in [5, 5.41) is 11.0. The zero-order valence-electron chi connectivity index (χ0n) is 10.9. The number of aromatic hydroxyl groups is 1. The molecule has 3 nitrogen and oxygen atoms in total. The highest BCUT2D eigenvalue weighted by atomic mass is 16.3. The maximum Gasteiger partial charge on any atom is 0.116 e. The van der Waals surface area contributed by atoms with E-state index in [1.165, 1.54) is 48.1 Å². The Morgan fingerprint density at radius 1 is 1.26 bits per heavy atom. The van der Waals surface area contributed by atoms with Gasteiger partial charge in [0.25, 0.3) is 0 Å². The Kier molecular flexibility index (Phi) is 1.81. The number of aromatic nitrogens is 1. The van der Waals surface area contributed by atoms with Crippen LogP contribution in [0.4, 0.5) is 0 Å². The second-order valence-electron chi connectivity index (χ2n) is 6.50. The number of nitrogens with zero attached hydrogens (tertiary/aromatic N) is 1. The maximum atomic E-state index is 9.74. The summed E-state index contributed by atoms with van der Waals surface area (Å²) in [6.45, 7) is 2.50. The zero-order valence-corrected chi connectivity index (χ0v) is 10.9. The van der Waals surface area contributed by atoms with Gasteiger partial charge in [0.2, 0.25) is 0 Å². The second kappa shape index (κ2) is 3.34. The number of hydrogen-bond acceptors (Lipinski definition) is 2. The molecule has 0 unspecified atom stereocenters. The lowest BCUT2D eigenvalue weighted by molar-refractivity contribution is 0.201. The van der Waals surface area contributed by atoms with E-state index in [4.69, 9.17) is 0 Å². The van der Waals surface area contributed by atoms with E-state index in [0.717, 1.165) is 18.4 Å². The summed E-state index contributed by atoms with van der Waals surface area (Å²) in [6, 6.07) is 6.50. The van der Waals surface area contributed by atoms with Crippen LogP contribution in [0.3, 0.4) is 0 Å². The summed E-state index contributed by atoms with van der Waals surface area (Å²) in [7, 11) is 0. The van der Waals surface area contributed by atoms with E-state index in [9.17, 15) is 5.11 Å². The van der Waals surface area contributed by atoms with Gasteiger partial charge in [-0.25, -0.2) is 0 Å². The molecule has 3 heterocycles. The third-order valence-electron chi connectivity index (χ3n) is 5.53. The van der Waals surface area contributed by atoms with Gasteiger partial charge in [0, 0.05) is 41.6 Å². The zero-order chi connectivity index (χ0) is 12.6. The van der Waals surface area contributed by atoms with Crippen LogP contribution in [0.1, 0.15) is 30.0 Å². The van der Waals surface area contributed by atoms with Gasteiger partial charge in [0.05, 0.1) is 0 Å². The molecule has 2 fully saturated rings. The monoisotopic (exact) mass is 254 g/mol. The van der Waals surface area contributed by atoms with E-state index in [0.29, 0.717) is 11.7 Å². The molecule has 0 spiro atoms. The van der Waals surface area contributed by atoms with Crippen molar-refractivity contribution in [2.75, 3.05) is 13.1 Å². The number of phenols is 1. The summed E-state index contributed by atoms with van der Waals surface area (Å²) < 4.78 is 0. The Hall–Kier alpha value is -1.48. The fourth-order valence-corrected chi connectivity index (χ4v) is 4.80. The topological polar surface area (TPSA) is 39.3 Å². The number of benzene rings is 1. The Bertz CT molecular complexity index is 675. The molecular formula is C16H18N2O. The van der Waals surface area contributed by atoms with Crippen molar-refractivity contribution in [2.24, 2.45) is 5.92 Å². The number of aromatic amines is 1. The molecule has 2 bridgehead atoms. The number of piperidine rings is 1. The van der Waals surface area contributed by atoms with E-state index in [1.54, 1.807) is 6.07 Å². The Labute approximate surface area is 112 Å². The fourth-order valence-electron chi connectivity index (χ4n) is 4.80. The average molecular weight is 254 g/mol. The lowest BCUT2D eigenvalue weighted by Gasteiger charge is -2.30. The predicted octanol–water partition coefficient (Wildman–Crippen LogP) is 2.61. The van der Waals surface area contributed by atoms with Crippen LogP contribution in [0.15, 0.2) is 18.2 Å². The van der Waals surface area contributed by atoms with Crippen LogP contribution in [-0.2, 0) is 6.42 Å². The molecule has 1 aromatic heterocycles. The predicted molar refractivity (Wildman–Crippen MR) is 74.5 cm³/mol. The Morgan fingerprint density at radius 3 is 3.11 bits per heavy atom. The molecule has 3 heteroatoms. The van der Waals surface area contributed by atoms with E-state index in [2.05, 4.69) is 9.88 Å². The number of hydrogen-bond donors (Lipinski definition) is 2. The van der Waals surface area contributed by atoms with Crippen molar-refractivity contribution in [1.29, 1.82) is 0 Å². The van der Waals surface area contributed by atoms with Gasteiger partial charge in [-0.2, -0.15) is 0 Å². The molecule has 0 amide bonds. The number of phenolic OH excluding ortho intramolecular Hbond substituents is 1. The Balaban J connectivity index is 1.75. The molecular weight excluding hydrogens is 236 g/mol.